The Morgan fingerprint density at radius 3 is 2.37 bits per heavy atom. The molecule has 1 N–H and O–H groups in total. The molecular weight excluding hydrogens is 242 g/mol. The van der Waals surface area contributed by atoms with Crippen LogP contribution in [-0.2, 0) is 5.21 Å². The van der Waals surface area contributed by atoms with E-state index in [9.17, 15) is 5.21 Å². The van der Waals surface area contributed by atoms with Crippen molar-refractivity contribution in [3.05, 3.63) is 35.9 Å². The highest BCUT2D eigenvalue weighted by Gasteiger charge is 2.53. The molecule has 0 spiro atoms. The van der Waals surface area contributed by atoms with Crippen LogP contribution >= 0.6 is 0 Å². The van der Waals surface area contributed by atoms with Gasteiger partial charge in [-0.2, -0.15) is 0 Å². The van der Waals surface area contributed by atoms with E-state index in [1.54, 1.807) is 13.8 Å². The fourth-order valence-corrected chi connectivity index (χ4v) is 2.38. The van der Waals surface area contributed by atoms with Gasteiger partial charge in [0.15, 0.2) is 5.66 Å². The molecule has 1 aliphatic heterocycles. The lowest BCUT2D eigenvalue weighted by molar-refractivity contribution is -0.227. The summed E-state index contributed by atoms with van der Waals surface area (Å²) in [5.41, 5.74) is -0.0520. The number of hydrogen-bond donors (Lipinski definition) is 1. The van der Waals surface area contributed by atoms with Crippen molar-refractivity contribution in [3.63, 3.8) is 0 Å². The first kappa shape index (κ1) is 13.7. The summed E-state index contributed by atoms with van der Waals surface area (Å²) in [7, 11) is 0. The van der Waals surface area contributed by atoms with Gasteiger partial charge in [0.25, 0.3) is 0 Å². The third-order valence-corrected chi connectivity index (χ3v) is 3.69. The lowest BCUT2D eigenvalue weighted by Crippen LogP contribution is -2.53. The summed E-state index contributed by atoms with van der Waals surface area (Å²) in [4.78, 5) is 4.53. The maximum absolute atomic E-state index is 12.5. The Kier molecular flexibility index (Phi) is 3.20. The van der Waals surface area contributed by atoms with Crippen LogP contribution in [0.2, 0.25) is 0 Å². The van der Waals surface area contributed by atoms with Crippen molar-refractivity contribution in [1.29, 1.82) is 0 Å². The van der Waals surface area contributed by atoms with Crippen molar-refractivity contribution in [1.82, 2.24) is 5.06 Å². The lowest BCUT2D eigenvalue weighted by Gasteiger charge is -2.33. The van der Waals surface area contributed by atoms with Crippen LogP contribution in [0.3, 0.4) is 0 Å². The minimum absolute atomic E-state index is 0.279. The standard InChI is InChI=1S/C14H18N3O2/c1-10(16-18)14(4)15-12(13(2,3)17(14)19)11-8-6-5-7-9-11/h5-9,18H,1-4H3/b16-10+. The first-order chi connectivity index (χ1) is 8.84. The van der Waals surface area contributed by atoms with E-state index in [2.05, 4.69) is 10.1 Å². The molecule has 0 fully saturated rings. The molecule has 0 saturated heterocycles. The molecule has 1 aromatic carbocycles. The SMILES string of the molecule is C/C(=N\O)C1(C)N=C(c2ccccc2)C(C)(C)N1[O]. The average molecular weight is 260 g/mol. The van der Waals surface area contributed by atoms with Gasteiger partial charge in [0.2, 0.25) is 0 Å². The molecule has 1 radical (unpaired) electrons. The smallest absolute Gasteiger partial charge is 0.178 e. The van der Waals surface area contributed by atoms with Crippen LogP contribution in [0.25, 0.3) is 0 Å². The van der Waals surface area contributed by atoms with Crippen molar-refractivity contribution in [3.8, 4) is 0 Å². The Hall–Kier alpha value is -1.72. The Morgan fingerprint density at radius 1 is 1.26 bits per heavy atom. The van der Waals surface area contributed by atoms with Gasteiger partial charge in [-0.3, -0.25) is 4.99 Å². The second-order valence-electron chi connectivity index (χ2n) is 5.39. The minimum atomic E-state index is -1.16. The molecule has 5 heteroatoms. The van der Waals surface area contributed by atoms with Gasteiger partial charge in [0.1, 0.15) is 0 Å². The van der Waals surface area contributed by atoms with Crippen molar-refractivity contribution in [2.24, 2.45) is 10.1 Å². The molecular formula is C14H18N3O2. The molecule has 1 aliphatic rings. The average Bonchev–Trinajstić information content (AvgIpc) is 2.60. The maximum atomic E-state index is 12.5. The second-order valence-corrected chi connectivity index (χ2v) is 5.39. The molecule has 1 aromatic rings. The van der Waals surface area contributed by atoms with E-state index in [1.807, 2.05) is 44.2 Å². The third-order valence-electron chi connectivity index (χ3n) is 3.69. The quantitative estimate of drug-likeness (QED) is 0.504. The van der Waals surface area contributed by atoms with E-state index in [0.29, 0.717) is 5.71 Å². The third kappa shape index (κ3) is 1.95. The first-order valence-corrected chi connectivity index (χ1v) is 6.16. The van der Waals surface area contributed by atoms with Crippen molar-refractivity contribution < 1.29 is 10.4 Å². The zero-order valence-electron chi connectivity index (χ0n) is 11.6. The number of nitrogens with zero attached hydrogens (tertiary/aromatic N) is 3. The fourth-order valence-electron chi connectivity index (χ4n) is 2.38. The summed E-state index contributed by atoms with van der Waals surface area (Å²) < 4.78 is 0. The van der Waals surface area contributed by atoms with Gasteiger partial charge in [0, 0.05) is 0 Å². The molecule has 1 heterocycles. The van der Waals surface area contributed by atoms with Crippen LogP contribution in [0.1, 0.15) is 33.3 Å². The molecule has 0 aliphatic carbocycles. The Morgan fingerprint density at radius 2 is 1.84 bits per heavy atom. The number of hydroxylamine groups is 2. The van der Waals surface area contributed by atoms with E-state index in [-0.39, 0.29) is 5.71 Å². The zero-order valence-corrected chi connectivity index (χ0v) is 11.6. The summed E-state index contributed by atoms with van der Waals surface area (Å²) >= 11 is 0. The molecule has 1 unspecified atom stereocenters. The van der Waals surface area contributed by atoms with Crippen molar-refractivity contribution in [2.45, 2.75) is 38.9 Å². The van der Waals surface area contributed by atoms with Gasteiger partial charge in [0.05, 0.1) is 17.0 Å². The van der Waals surface area contributed by atoms with Gasteiger partial charge in [-0.05, 0) is 33.3 Å². The highest BCUT2D eigenvalue weighted by Crippen LogP contribution is 2.37. The largest absolute Gasteiger partial charge is 0.411 e. The molecule has 1 atom stereocenters. The number of aliphatic imine (C=N–C) groups is 1. The highest BCUT2D eigenvalue weighted by molar-refractivity contribution is 6.11. The van der Waals surface area contributed by atoms with Gasteiger partial charge in [-0.1, -0.05) is 35.5 Å². The predicted molar refractivity (Wildman–Crippen MR) is 72.9 cm³/mol. The Labute approximate surface area is 112 Å². The Bertz CT molecular complexity index is 537. The van der Waals surface area contributed by atoms with E-state index in [0.717, 1.165) is 10.6 Å². The maximum Gasteiger partial charge on any atom is 0.178 e. The molecule has 2 rings (SSSR count). The predicted octanol–water partition coefficient (Wildman–Crippen LogP) is 2.48. The zero-order chi connectivity index (χ0) is 14.3. The Balaban J connectivity index is 2.58. The number of hydrogen-bond acceptors (Lipinski definition) is 4. The van der Waals surface area contributed by atoms with Crippen LogP contribution in [-0.4, -0.2) is 32.9 Å². The number of rotatable bonds is 2. The first-order valence-electron chi connectivity index (χ1n) is 6.16. The topological polar surface area (TPSA) is 68.1 Å². The van der Waals surface area contributed by atoms with E-state index >= 15 is 0 Å². The fraction of sp³-hybridized carbons (Fsp3) is 0.429. The summed E-state index contributed by atoms with van der Waals surface area (Å²) in [6.45, 7) is 6.90. The monoisotopic (exact) mass is 260 g/mol. The van der Waals surface area contributed by atoms with Crippen LogP contribution in [0.5, 0.6) is 0 Å². The van der Waals surface area contributed by atoms with Crippen molar-refractivity contribution >= 4 is 11.4 Å². The normalized spacial score (nSPS) is 27.4. The van der Waals surface area contributed by atoms with Gasteiger partial charge >= 0.3 is 0 Å². The van der Waals surface area contributed by atoms with E-state index in [4.69, 9.17) is 5.21 Å². The molecule has 0 aromatic heterocycles. The van der Waals surface area contributed by atoms with Crippen LogP contribution in [0.15, 0.2) is 40.5 Å². The van der Waals surface area contributed by atoms with E-state index < -0.39 is 11.2 Å². The number of oxime groups is 1. The highest BCUT2D eigenvalue weighted by atomic mass is 16.5. The van der Waals surface area contributed by atoms with Crippen LogP contribution in [0.4, 0.5) is 0 Å². The summed E-state index contributed by atoms with van der Waals surface area (Å²) in [6.07, 6.45) is 0. The summed E-state index contributed by atoms with van der Waals surface area (Å²) in [5.74, 6) is 0. The van der Waals surface area contributed by atoms with Crippen molar-refractivity contribution in [2.75, 3.05) is 0 Å². The minimum Gasteiger partial charge on any atom is -0.411 e. The molecule has 0 bridgehead atoms. The lowest BCUT2D eigenvalue weighted by atomic mass is 9.92. The molecule has 5 nitrogen and oxygen atoms in total. The van der Waals surface area contributed by atoms with Crippen LogP contribution < -0.4 is 0 Å². The van der Waals surface area contributed by atoms with Gasteiger partial charge in [-0.25, -0.2) is 0 Å². The second kappa shape index (κ2) is 4.43. The molecule has 19 heavy (non-hydrogen) atoms. The summed E-state index contributed by atoms with van der Waals surface area (Å²) in [6, 6.07) is 9.58. The van der Waals surface area contributed by atoms with E-state index in [1.165, 1.54) is 0 Å². The summed E-state index contributed by atoms with van der Waals surface area (Å²) in [5, 5.41) is 25.5. The molecule has 0 saturated carbocycles. The molecule has 0 amide bonds. The number of benzene rings is 1. The van der Waals surface area contributed by atoms with Crippen LogP contribution in [0, 0.1) is 0 Å². The van der Waals surface area contributed by atoms with Gasteiger partial charge in [-0.15, -0.1) is 10.3 Å². The molecule has 101 valence electrons. The van der Waals surface area contributed by atoms with Gasteiger partial charge < -0.3 is 5.21 Å².